The van der Waals surface area contributed by atoms with Gasteiger partial charge in [-0.2, -0.15) is 0 Å². The minimum absolute atomic E-state index is 0.0566. The van der Waals surface area contributed by atoms with E-state index >= 15 is 0 Å². The number of carboxylic acid groups (broad SMARTS) is 1. The van der Waals surface area contributed by atoms with Crippen LogP contribution in [0.5, 0.6) is 0 Å². The molecule has 0 bridgehead atoms. The lowest BCUT2D eigenvalue weighted by Gasteiger charge is -2.25. The molecule has 3 rings (SSSR count). The van der Waals surface area contributed by atoms with Crippen LogP contribution in [0.3, 0.4) is 0 Å². The smallest absolute Gasteiger partial charge is 0.326 e. The van der Waals surface area contributed by atoms with Crippen molar-refractivity contribution in [3.63, 3.8) is 0 Å². The molecule has 0 aliphatic rings. The average Bonchev–Trinajstić information content (AvgIpc) is 3.59. The van der Waals surface area contributed by atoms with Crippen LogP contribution in [0.4, 0.5) is 0 Å². The molecule has 2 heterocycles. The number of aromatic nitrogens is 3. The summed E-state index contributed by atoms with van der Waals surface area (Å²) in [5.41, 5.74) is 13.3. The minimum atomic E-state index is -1.41. The van der Waals surface area contributed by atoms with E-state index in [1.807, 2.05) is 24.3 Å². The van der Waals surface area contributed by atoms with Crippen LogP contribution >= 0.6 is 0 Å². The Labute approximate surface area is 236 Å². The number of benzene rings is 1. The molecular formula is C27H36N8O6. The highest BCUT2D eigenvalue weighted by atomic mass is 16.4. The first kappa shape index (κ1) is 30.8. The van der Waals surface area contributed by atoms with Crippen LogP contribution in [0.25, 0.3) is 10.9 Å². The van der Waals surface area contributed by atoms with Gasteiger partial charge in [0.15, 0.2) is 0 Å². The topological polar surface area (TPSA) is 238 Å². The Bertz CT molecular complexity index is 1370. The SMILES string of the molecule is CC(C)C(N)C(=O)NC(Cc1c[nH]c2ccccc12)C(=O)NC(Cc1cnc[nH]1)C(=O)NC(CCC(N)=O)C(=O)O. The van der Waals surface area contributed by atoms with Gasteiger partial charge in [-0.05, 0) is 24.0 Å². The highest BCUT2D eigenvalue weighted by Crippen LogP contribution is 2.19. The summed E-state index contributed by atoms with van der Waals surface area (Å²) < 4.78 is 0. The summed E-state index contributed by atoms with van der Waals surface area (Å²) in [6, 6.07) is 2.81. The van der Waals surface area contributed by atoms with E-state index < -0.39 is 53.8 Å². The number of carbonyl (C=O) groups is 5. The summed E-state index contributed by atoms with van der Waals surface area (Å²) in [5.74, 6) is -4.29. The fourth-order valence-electron chi connectivity index (χ4n) is 4.21. The number of H-pyrrole nitrogens is 2. The lowest BCUT2D eigenvalue weighted by molar-refractivity contribution is -0.142. The van der Waals surface area contributed by atoms with Gasteiger partial charge < -0.3 is 42.5 Å². The fourth-order valence-corrected chi connectivity index (χ4v) is 4.21. The van der Waals surface area contributed by atoms with E-state index in [0.29, 0.717) is 5.69 Å². The van der Waals surface area contributed by atoms with Crippen molar-refractivity contribution < 1.29 is 29.1 Å². The van der Waals surface area contributed by atoms with Crippen molar-refractivity contribution in [2.75, 3.05) is 0 Å². The van der Waals surface area contributed by atoms with Crippen molar-refractivity contribution in [2.24, 2.45) is 17.4 Å². The molecule has 0 aliphatic carbocycles. The van der Waals surface area contributed by atoms with Crippen LogP contribution in [-0.2, 0) is 36.8 Å². The second-order valence-corrected chi connectivity index (χ2v) is 10.1. The van der Waals surface area contributed by atoms with E-state index in [4.69, 9.17) is 11.5 Å². The van der Waals surface area contributed by atoms with Crippen LogP contribution in [0, 0.1) is 5.92 Å². The molecule has 4 atom stereocenters. The summed E-state index contributed by atoms with van der Waals surface area (Å²) in [5, 5.41) is 18.1. The number of primary amides is 1. The van der Waals surface area contributed by atoms with Crippen LogP contribution in [-0.4, -0.2) is 73.8 Å². The molecule has 14 nitrogen and oxygen atoms in total. The van der Waals surface area contributed by atoms with Crippen molar-refractivity contribution in [1.29, 1.82) is 0 Å². The Morgan fingerprint density at radius 1 is 0.927 bits per heavy atom. The van der Waals surface area contributed by atoms with Gasteiger partial charge in [-0.3, -0.25) is 19.2 Å². The fraction of sp³-hybridized carbons (Fsp3) is 0.407. The van der Waals surface area contributed by atoms with Crippen molar-refractivity contribution in [2.45, 2.75) is 63.7 Å². The van der Waals surface area contributed by atoms with Crippen LogP contribution in [0.15, 0.2) is 43.0 Å². The van der Waals surface area contributed by atoms with E-state index in [1.54, 1.807) is 20.0 Å². The highest BCUT2D eigenvalue weighted by molar-refractivity contribution is 5.95. The maximum atomic E-state index is 13.7. The Kier molecular flexibility index (Phi) is 10.6. The van der Waals surface area contributed by atoms with Gasteiger partial charge in [0.25, 0.3) is 0 Å². The van der Waals surface area contributed by atoms with Crippen LogP contribution in [0.1, 0.15) is 37.9 Å². The first-order chi connectivity index (χ1) is 19.5. The number of hydrogen-bond donors (Lipinski definition) is 8. The Balaban J connectivity index is 1.86. The largest absolute Gasteiger partial charge is 0.480 e. The zero-order valence-electron chi connectivity index (χ0n) is 22.8. The summed E-state index contributed by atoms with van der Waals surface area (Å²) in [6.07, 6.45) is 4.13. The molecule has 0 saturated carbocycles. The zero-order chi connectivity index (χ0) is 30.1. The number of nitrogens with zero attached hydrogens (tertiary/aromatic N) is 1. The van der Waals surface area contributed by atoms with Crippen molar-refractivity contribution in [3.05, 3.63) is 54.2 Å². The molecule has 1 aromatic carbocycles. The molecule has 0 aliphatic heterocycles. The molecule has 220 valence electrons. The molecule has 41 heavy (non-hydrogen) atoms. The van der Waals surface area contributed by atoms with E-state index in [9.17, 15) is 29.1 Å². The Morgan fingerprint density at radius 3 is 2.17 bits per heavy atom. The first-order valence-corrected chi connectivity index (χ1v) is 13.2. The van der Waals surface area contributed by atoms with Gasteiger partial charge in [-0.1, -0.05) is 32.0 Å². The van der Waals surface area contributed by atoms with Gasteiger partial charge in [0, 0.05) is 48.3 Å². The number of carbonyl (C=O) groups excluding carboxylic acids is 4. The number of nitrogens with one attached hydrogen (secondary N) is 5. The number of aromatic amines is 2. The number of hydrogen-bond acceptors (Lipinski definition) is 7. The van der Waals surface area contributed by atoms with Gasteiger partial charge in [-0.25, -0.2) is 9.78 Å². The third kappa shape index (κ3) is 8.63. The average molecular weight is 569 g/mol. The van der Waals surface area contributed by atoms with E-state index in [2.05, 4.69) is 30.9 Å². The molecule has 10 N–H and O–H groups in total. The number of rotatable bonds is 15. The maximum absolute atomic E-state index is 13.7. The van der Waals surface area contributed by atoms with Crippen molar-refractivity contribution >= 4 is 40.5 Å². The molecule has 2 aromatic heterocycles. The molecule has 4 amide bonds. The molecule has 4 unspecified atom stereocenters. The second-order valence-electron chi connectivity index (χ2n) is 10.1. The van der Waals surface area contributed by atoms with Crippen LogP contribution in [0.2, 0.25) is 0 Å². The predicted octanol–water partition coefficient (Wildman–Crippen LogP) is -0.536. The number of aliphatic carboxylic acids is 1. The zero-order valence-corrected chi connectivity index (χ0v) is 22.8. The number of fused-ring (bicyclic) bond motifs is 1. The maximum Gasteiger partial charge on any atom is 0.326 e. The predicted molar refractivity (Wildman–Crippen MR) is 149 cm³/mol. The van der Waals surface area contributed by atoms with Gasteiger partial charge in [-0.15, -0.1) is 0 Å². The first-order valence-electron chi connectivity index (χ1n) is 13.2. The van der Waals surface area contributed by atoms with E-state index in [0.717, 1.165) is 16.5 Å². The molecule has 0 radical (unpaired) electrons. The van der Waals surface area contributed by atoms with E-state index in [-0.39, 0.29) is 31.6 Å². The molecule has 3 aromatic rings. The van der Waals surface area contributed by atoms with Gasteiger partial charge >= 0.3 is 5.97 Å². The standard InChI is InChI=1S/C27H36N8O6/c1-14(2)23(29)26(39)35-20(9-15-11-31-18-6-4-3-5-17(15)18)24(37)34-21(10-16-12-30-13-32-16)25(38)33-19(27(40)41)7-8-22(28)36/h3-6,11-14,19-21,23,31H,7-10,29H2,1-2H3,(H2,28,36)(H,30,32)(H,33,38)(H,34,37)(H,35,39)(H,40,41). The molecule has 0 fully saturated rings. The summed E-state index contributed by atoms with van der Waals surface area (Å²) in [6.45, 7) is 3.56. The Hall–Kier alpha value is -4.72. The summed E-state index contributed by atoms with van der Waals surface area (Å²) in [4.78, 5) is 72.6. The molecule has 0 saturated heterocycles. The molecule has 0 spiro atoms. The number of amides is 4. The van der Waals surface area contributed by atoms with Gasteiger partial charge in [0.2, 0.25) is 23.6 Å². The lowest BCUT2D eigenvalue weighted by atomic mass is 10.0. The number of para-hydroxylation sites is 1. The third-order valence-corrected chi connectivity index (χ3v) is 6.66. The highest BCUT2D eigenvalue weighted by Gasteiger charge is 2.32. The monoisotopic (exact) mass is 568 g/mol. The van der Waals surface area contributed by atoms with Crippen molar-refractivity contribution in [1.82, 2.24) is 30.9 Å². The van der Waals surface area contributed by atoms with Crippen molar-refractivity contribution in [3.8, 4) is 0 Å². The number of nitrogens with two attached hydrogens (primary N) is 2. The van der Waals surface area contributed by atoms with Gasteiger partial charge in [0.05, 0.1) is 12.4 Å². The quantitative estimate of drug-likeness (QED) is 0.118. The van der Waals surface area contributed by atoms with Gasteiger partial charge in [0.1, 0.15) is 18.1 Å². The van der Waals surface area contributed by atoms with Crippen LogP contribution < -0.4 is 27.4 Å². The molecular weight excluding hydrogens is 532 g/mol. The lowest BCUT2D eigenvalue weighted by Crippen LogP contribution is -2.58. The van der Waals surface area contributed by atoms with E-state index in [1.165, 1.54) is 12.5 Å². The molecule has 14 heteroatoms. The number of imidazole rings is 1. The number of carboxylic acids is 1. The second kappa shape index (κ2) is 14.1. The summed E-state index contributed by atoms with van der Waals surface area (Å²) >= 11 is 0. The Morgan fingerprint density at radius 2 is 1.56 bits per heavy atom. The normalized spacial score (nSPS) is 14.1. The minimum Gasteiger partial charge on any atom is -0.480 e. The summed E-state index contributed by atoms with van der Waals surface area (Å²) in [7, 11) is 0. The third-order valence-electron chi connectivity index (χ3n) is 6.66.